The maximum Gasteiger partial charge on any atom is 0.0618 e. The van der Waals surface area contributed by atoms with Gasteiger partial charge in [0.15, 0.2) is 0 Å². The SMILES string of the molecule is CCCCN1CCC[C@H]1COC. The summed E-state index contributed by atoms with van der Waals surface area (Å²) >= 11 is 0. The van der Waals surface area contributed by atoms with Crippen molar-refractivity contribution in [2.75, 3.05) is 26.8 Å². The molecule has 1 saturated heterocycles. The molecule has 0 aromatic heterocycles. The average molecular weight is 171 g/mol. The van der Waals surface area contributed by atoms with Crippen LogP contribution >= 0.6 is 0 Å². The molecule has 0 spiro atoms. The minimum Gasteiger partial charge on any atom is -0.383 e. The van der Waals surface area contributed by atoms with Crippen LogP contribution in [-0.4, -0.2) is 37.7 Å². The summed E-state index contributed by atoms with van der Waals surface area (Å²) in [6, 6.07) is 0.710. The Hall–Kier alpha value is -0.0800. The standard InChI is InChI=1S/C10H21NO/c1-3-4-7-11-8-5-6-10(11)9-12-2/h10H,3-9H2,1-2H3/t10-/m0/s1. The Bertz CT molecular complexity index is 116. The first-order valence-electron chi connectivity index (χ1n) is 5.11. The van der Waals surface area contributed by atoms with Crippen LogP contribution in [-0.2, 0) is 4.74 Å². The second-order valence-electron chi connectivity index (χ2n) is 3.64. The lowest BCUT2D eigenvalue weighted by atomic mass is 10.2. The molecule has 1 atom stereocenters. The van der Waals surface area contributed by atoms with Gasteiger partial charge in [-0.3, -0.25) is 4.90 Å². The monoisotopic (exact) mass is 171 g/mol. The van der Waals surface area contributed by atoms with E-state index >= 15 is 0 Å². The second kappa shape index (κ2) is 5.55. The van der Waals surface area contributed by atoms with Crippen LogP contribution < -0.4 is 0 Å². The molecule has 0 amide bonds. The molecule has 1 fully saturated rings. The molecular weight excluding hydrogens is 150 g/mol. The van der Waals surface area contributed by atoms with Gasteiger partial charge < -0.3 is 4.74 Å². The van der Waals surface area contributed by atoms with Crippen molar-refractivity contribution >= 4 is 0 Å². The van der Waals surface area contributed by atoms with Crippen LogP contribution in [0.25, 0.3) is 0 Å². The molecule has 0 aromatic carbocycles. The number of hydrogen-bond acceptors (Lipinski definition) is 2. The van der Waals surface area contributed by atoms with E-state index < -0.39 is 0 Å². The Morgan fingerprint density at radius 1 is 1.50 bits per heavy atom. The zero-order valence-corrected chi connectivity index (χ0v) is 8.38. The Morgan fingerprint density at radius 3 is 3.00 bits per heavy atom. The number of unbranched alkanes of at least 4 members (excludes halogenated alkanes) is 1. The number of hydrogen-bond donors (Lipinski definition) is 0. The lowest BCUT2D eigenvalue weighted by Gasteiger charge is -2.23. The lowest BCUT2D eigenvalue weighted by molar-refractivity contribution is 0.115. The smallest absolute Gasteiger partial charge is 0.0618 e. The molecule has 0 bridgehead atoms. The third-order valence-corrected chi connectivity index (χ3v) is 2.66. The fourth-order valence-electron chi connectivity index (χ4n) is 1.93. The normalized spacial score (nSPS) is 25.0. The number of nitrogens with zero attached hydrogens (tertiary/aromatic N) is 1. The summed E-state index contributed by atoms with van der Waals surface area (Å²) in [4.78, 5) is 2.58. The molecule has 0 radical (unpaired) electrons. The first-order valence-corrected chi connectivity index (χ1v) is 5.11. The summed E-state index contributed by atoms with van der Waals surface area (Å²) < 4.78 is 5.19. The molecule has 2 heteroatoms. The van der Waals surface area contributed by atoms with Crippen molar-refractivity contribution in [2.45, 2.75) is 38.6 Å². The summed E-state index contributed by atoms with van der Waals surface area (Å²) in [7, 11) is 1.80. The third kappa shape index (κ3) is 2.76. The van der Waals surface area contributed by atoms with E-state index in [-0.39, 0.29) is 0 Å². The van der Waals surface area contributed by atoms with Gasteiger partial charge in [0.05, 0.1) is 6.61 Å². The van der Waals surface area contributed by atoms with Gasteiger partial charge in [-0.05, 0) is 32.4 Å². The van der Waals surface area contributed by atoms with Gasteiger partial charge in [0.1, 0.15) is 0 Å². The highest BCUT2D eigenvalue weighted by Crippen LogP contribution is 2.17. The van der Waals surface area contributed by atoms with Crippen molar-refractivity contribution in [3.8, 4) is 0 Å². The zero-order chi connectivity index (χ0) is 8.81. The van der Waals surface area contributed by atoms with Crippen molar-refractivity contribution in [3.05, 3.63) is 0 Å². The summed E-state index contributed by atoms with van der Waals surface area (Å²) in [5, 5.41) is 0. The van der Waals surface area contributed by atoms with Crippen molar-refractivity contribution in [1.82, 2.24) is 4.90 Å². The minimum atomic E-state index is 0.710. The predicted molar refractivity (Wildman–Crippen MR) is 51.4 cm³/mol. The molecule has 1 heterocycles. The Kier molecular flexibility index (Phi) is 4.62. The van der Waals surface area contributed by atoms with Gasteiger partial charge in [-0.25, -0.2) is 0 Å². The van der Waals surface area contributed by atoms with E-state index in [0.29, 0.717) is 6.04 Å². The number of rotatable bonds is 5. The minimum absolute atomic E-state index is 0.710. The van der Waals surface area contributed by atoms with Crippen molar-refractivity contribution in [3.63, 3.8) is 0 Å². The molecule has 0 unspecified atom stereocenters. The van der Waals surface area contributed by atoms with Gasteiger partial charge in [0.2, 0.25) is 0 Å². The number of ether oxygens (including phenoxy) is 1. The van der Waals surface area contributed by atoms with E-state index in [0.717, 1.165) is 6.61 Å². The van der Waals surface area contributed by atoms with Crippen LogP contribution in [0.1, 0.15) is 32.6 Å². The molecule has 72 valence electrons. The van der Waals surface area contributed by atoms with Crippen molar-refractivity contribution in [2.24, 2.45) is 0 Å². The Balaban J connectivity index is 2.20. The first-order chi connectivity index (χ1) is 5.88. The van der Waals surface area contributed by atoms with E-state index in [2.05, 4.69) is 11.8 Å². The van der Waals surface area contributed by atoms with E-state index in [4.69, 9.17) is 4.74 Å². The maximum absolute atomic E-state index is 5.19. The van der Waals surface area contributed by atoms with E-state index in [9.17, 15) is 0 Å². The quantitative estimate of drug-likeness (QED) is 0.626. The maximum atomic E-state index is 5.19. The van der Waals surface area contributed by atoms with E-state index in [1.165, 1.54) is 38.8 Å². The van der Waals surface area contributed by atoms with Crippen LogP contribution in [0, 0.1) is 0 Å². The predicted octanol–water partition coefficient (Wildman–Crippen LogP) is 1.90. The van der Waals surface area contributed by atoms with E-state index in [1.54, 1.807) is 7.11 Å². The topological polar surface area (TPSA) is 12.5 Å². The molecular formula is C10H21NO. The lowest BCUT2D eigenvalue weighted by Crippen LogP contribution is -2.33. The highest BCUT2D eigenvalue weighted by molar-refractivity contribution is 4.78. The van der Waals surface area contributed by atoms with Gasteiger partial charge in [-0.15, -0.1) is 0 Å². The molecule has 0 N–H and O–H groups in total. The highest BCUT2D eigenvalue weighted by atomic mass is 16.5. The summed E-state index contributed by atoms with van der Waals surface area (Å²) in [6.45, 7) is 5.73. The molecule has 0 saturated carbocycles. The van der Waals surface area contributed by atoms with Crippen molar-refractivity contribution < 1.29 is 4.74 Å². The van der Waals surface area contributed by atoms with Crippen LogP contribution in [0.4, 0.5) is 0 Å². The summed E-state index contributed by atoms with van der Waals surface area (Å²) in [6.07, 6.45) is 5.33. The second-order valence-corrected chi connectivity index (χ2v) is 3.64. The molecule has 0 aromatic rings. The molecule has 2 nitrogen and oxygen atoms in total. The third-order valence-electron chi connectivity index (χ3n) is 2.66. The van der Waals surface area contributed by atoms with Crippen molar-refractivity contribution in [1.29, 1.82) is 0 Å². The van der Waals surface area contributed by atoms with Crippen LogP contribution in [0.15, 0.2) is 0 Å². The van der Waals surface area contributed by atoms with Gasteiger partial charge in [-0.2, -0.15) is 0 Å². The molecule has 0 aliphatic carbocycles. The zero-order valence-electron chi connectivity index (χ0n) is 8.38. The highest BCUT2D eigenvalue weighted by Gasteiger charge is 2.22. The Labute approximate surface area is 75.9 Å². The van der Waals surface area contributed by atoms with Crippen LogP contribution in [0.5, 0.6) is 0 Å². The number of likely N-dealkylation sites (tertiary alicyclic amines) is 1. The summed E-state index contributed by atoms with van der Waals surface area (Å²) in [5.41, 5.74) is 0. The van der Waals surface area contributed by atoms with Gasteiger partial charge in [0.25, 0.3) is 0 Å². The average Bonchev–Trinajstić information content (AvgIpc) is 2.50. The van der Waals surface area contributed by atoms with Crippen LogP contribution in [0.3, 0.4) is 0 Å². The fourth-order valence-corrected chi connectivity index (χ4v) is 1.93. The molecule has 1 aliphatic rings. The summed E-state index contributed by atoms with van der Waals surface area (Å²) in [5.74, 6) is 0. The Morgan fingerprint density at radius 2 is 2.33 bits per heavy atom. The van der Waals surface area contributed by atoms with Gasteiger partial charge in [-0.1, -0.05) is 13.3 Å². The van der Waals surface area contributed by atoms with Gasteiger partial charge >= 0.3 is 0 Å². The molecule has 1 rings (SSSR count). The number of methoxy groups -OCH3 is 1. The van der Waals surface area contributed by atoms with Crippen LogP contribution in [0.2, 0.25) is 0 Å². The van der Waals surface area contributed by atoms with Gasteiger partial charge in [0, 0.05) is 13.2 Å². The fraction of sp³-hybridized carbons (Fsp3) is 1.00. The van der Waals surface area contributed by atoms with E-state index in [1.807, 2.05) is 0 Å². The largest absolute Gasteiger partial charge is 0.383 e. The molecule has 1 aliphatic heterocycles. The first kappa shape index (κ1) is 10.0. The molecule has 12 heavy (non-hydrogen) atoms.